The van der Waals surface area contributed by atoms with Crippen LogP contribution in [0.3, 0.4) is 0 Å². The molecule has 0 amide bonds. The van der Waals surface area contributed by atoms with E-state index in [1.165, 1.54) is 0 Å². The van der Waals surface area contributed by atoms with E-state index in [0.717, 1.165) is 12.1 Å². The lowest BCUT2D eigenvalue weighted by Crippen LogP contribution is -2.38. The number of pyridine rings is 1. The van der Waals surface area contributed by atoms with Crippen LogP contribution in [0.5, 0.6) is 0 Å². The lowest BCUT2D eigenvalue weighted by Gasteiger charge is -2.25. The van der Waals surface area contributed by atoms with Crippen molar-refractivity contribution in [2.24, 2.45) is 10.9 Å². The first-order valence-corrected chi connectivity index (χ1v) is 5.23. The van der Waals surface area contributed by atoms with Crippen LogP contribution in [-0.2, 0) is 6.54 Å². The van der Waals surface area contributed by atoms with Gasteiger partial charge >= 0.3 is 0 Å². The van der Waals surface area contributed by atoms with Crippen LogP contribution in [0.25, 0.3) is 0 Å². The van der Waals surface area contributed by atoms with Crippen molar-refractivity contribution in [1.82, 2.24) is 9.88 Å². The number of nitrogens with two attached hydrogens (primary N) is 1. The van der Waals surface area contributed by atoms with E-state index in [-0.39, 0.29) is 5.84 Å². The van der Waals surface area contributed by atoms with Crippen molar-refractivity contribution in [1.29, 1.82) is 0 Å². The number of amidine groups is 1. The molecule has 0 aromatic carbocycles. The molecule has 3 N–H and O–H groups in total. The molecule has 0 fully saturated rings. The van der Waals surface area contributed by atoms with Gasteiger partial charge in [0, 0.05) is 25.0 Å². The van der Waals surface area contributed by atoms with Gasteiger partial charge < -0.3 is 10.9 Å². The quantitative estimate of drug-likeness (QED) is 0.338. The first-order chi connectivity index (χ1) is 7.63. The predicted molar refractivity (Wildman–Crippen MR) is 63.2 cm³/mol. The Kier molecular flexibility index (Phi) is 4.72. The van der Waals surface area contributed by atoms with E-state index in [1.807, 2.05) is 18.3 Å². The van der Waals surface area contributed by atoms with Gasteiger partial charge in [0.1, 0.15) is 0 Å². The molecule has 1 aromatic heterocycles. The molecular weight excluding hydrogens is 204 g/mol. The fourth-order valence-corrected chi connectivity index (χ4v) is 1.39. The molecule has 0 saturated carbocycles. The van der Waals surface area contributed by atoms with Crippen molar-refractivity contribution in [3.63, 3.8) is 0 Å². The standard InChI is InChI=1S/C11H18N4O/c1-9(2)15(8-11(12)14-16)7-10-4-3-5-13-6-10/h3-6,9,16H,7-8H2,1-2H3,(H2,12,14). The predicted octanol–water partition coefficient (Wildman–Crippen LogP) is 1.04. The highest BCUT2D eigenvalue weighted by molar-refractivity contribution is 5.81. The first kappa shape index (κ1) is 12.4. The van der Waals surface area contributed by atoms with Gasteiger partial charge in [-0.25, -0.2) is 0 Å². The van der Waals surface area contributed by atoms with Crippen molar-refractivity contribution in [3.05, 3.63) is 30.1 Å². The summed E-state index contributed by atoms with van der Waals surface area (Å²) in [6, 6.07) is 4.23. The molecule has 1 heterocycles. The van der Waals surface area contributed by atoms with Crippen LogP contribution in [0.1, 0.15) is 19.4 Å². The Bertz CT molecular complexity index is 337. The van der Waals surface area contributed by atoms with Crippen LogP contribution in [-0.4, -0.2) is 33.5 Å². The molecule has 0 radical (unpaired) electrons. The highest BCUT2D eigenvalue weighted by atomic mass is 16.4. The van der Waals surface area contributed by atoms with E-state index in [9.17, 15) is 0 Å². The number of aromatic nitrogens is 1. The molecule has 1 aromatic rings. The second-order valence-electron chi connectivity index (χ2n) is 3.95. The van der Waals surface area contributed by atoms with Gasteiger partial charge in [0.15, 0.2) is 5.84 Å². The van der Waals surface area contributed by atoms with Crippen molar-refractivity contribution in [3.8, 4) is 0 Å². The largest absolute Gasteiger partial charge is 0.409 e. The van der Waals surface area contributed by atoms with E-state index in [0.29, 0.717) is 12.6 Å². The summed E-state index contributed by atoms with van der Waals surface area (Å²) in [6.45, 7) is 5.33. The Labute approximate surface area is 95.6 Å². The fourth-order valence-electron chi connectivity index (χ4n) is 1.39. The zero-order chi connectivity index (χ0) is 12.0. The highest BCUT2D eigenvalue weighted by Gasteiger charge is 2.11. The van der Waals surface area contributed by atoms with Crippen molar-refractivity contribution >= 4 is 5.84 Å². The molecule has 0 aliphatic rings. The smallest absolute Gasteiger partial charge is 0.153 e. The third-order valence-corrected chi connectivity index (χ3v) is 2.33. The normalized spacial score (nSPS) is 12.4. The number of nitrogens with zero attached hydrogens (tertiary/aromatic N) is 3. The first-order valence-electron chi connectivity index (χ1n) is 5.23. The third kappa shape index (κ3) is 3.86. The Morgan fingerprint density at radius 2 is 2.38 bits per heavy atom. The Morgan fingerprint density at radius 3 is 2.88 bits per heavy atom. The summed E-state index contributed by atoms with van der Waals surface area (Å²) in [7, 11) is 0. The second kappa shape index (κ2) is 6.07. The van der Waals surface area contributed by atoms with Crippen LogP contribution in [0, 0.1) is 0 Å². The van der Waals surface area contributed by atoms with Gasteiger partial charge in [-0.1, -0.05) is 11.2 Å². The molecule has 0 unspecified atom stereocenters. The summed E-state index contributed by atoms with van der Waals surface area (Å²) in [6.07, 6.45) is 3.56. The Balaban J connectivity index is 2.65. The lowest BCUT2D eigenvalue weighted by atomic mass is 10.2. The van der Waals surface area contributed by atoms with Crippen LogP contribution in [0.15, 0.2) is 29.7 Å². The minimum absolute atomic E-state index is 0.220. The zero-order valence-corrected chi connectivity index (χ0v) is 9.67. The van der Waals surface area contributed by atoms with E-state index in [4.69, 9.17) is 10.9 Å². The van der Waals surface area contributed by atoms with Gasteiger partial charge in [0.2, 0.25) is 0 Å². The molecule has 1 rings (SSSR count). The van der Waals surface area contributed by atoms with Gasteiger partial charge in [-0.05, 0) is 25.5 Å². The molecule has 0 aliphatic heterocycles. The van der Waals surface area contributed by atoms with Crippen LogP contribution >= 0.6 is 0 Å². The number of rotatable bonds is 5. The van der Waals surface area contributed by atoms with Crippen molar-refractivity contribution in [2.75, 3.05) is 6.54 Å². The van der Waals surface area contributed by atoms with E-state index >= 15 is 0 Å². The van der Waals surface area contributed by atoms with E-state index in [2.05, 4.69) is 28.9 Å². The summed E-state index contributed by atoms with van der Waals surface area (Å²) in [5.74, 6) is 0.220. The van der Waals surface area contributed by atoms with Crippen LogP contribution in [0.2, 0.25) is 0 Å². The van der Waals surface area contributed by atoms with Crippen LogP contribution in [0.4, 0.5) is 0 Å². The maximum atomic E-state index is 8.56. The molecular formula is C11H18N4O. The molecule has 0 atom stereocenters. The monoisotopic (exact) mass is 222 g/mol. The molecule has 0 bridgehead atoms. The fraction of sp³-hybridized carbons (Fsp3) is 0.455. The molecule has 16 heavy (non-hydrogen) atoms. The summed E-state index contributed by atoms with van der Waals surface area (Å²) < 4.78 is 0. The van der Waals surface area contributed by atoms with Crippen molar-refractivity contribution in [2.45, 2.75) is 26.4 Å². The van der Waals surface area contributed by atoms with Crippen LogP contribution < -0.4 is 5.73 Å². The third-order valence-electron chi connectivity index (χ3n) is 2.33. The summed E-state index contributed by atoms with van der Waals surface area (Å²) in [5.41, 5.74) is 6.62. The Morgan fingerprint density at radius 1 is 1.62 bits per heavy atom. The van der Waals surface area contributed by atoms with E-state index in [1.54, 1.807) is 6.20 Å². The Hall–Kier alpha value is -1.62. The minimum atomic E-state index is 0.220. The maximum absolute atomic E-state index is 8.56. The molecule has 88 valence electrons. The number of hydrogen-bond acceptors (Lipinski definition) is 4. The van der Waals surface area contributed by atoms with Gasteiger partial charge in [-0.2, -0.15) is 0 Å². The maximum Gasteiger partial charge on any atom is 0.153 e. The SMILES string of the molecule is CC(C)N(CC(N)=NO)Cc1cccnc1. The van der Waals surface area contributed by atoms with Gasteiger partial charge in [-0.15, -0.1) is 0 Å². The summed E-state index contributed by atoms with van der Waals surface area (Å²) >= 11 is 0. The molecule has 0 aliphatic carbocycles. The second-order valence-corrected chi connectivity index (χ2v) is 3.95. The van der Waals surface area contributed by atoms with Crippen molar-refractivity contribution < 1.29 is 5.21 Å². The molecule has 0 saturated heterocycles. The molecule has 0 spiro atoms. The zero-order valence-electron chi connectivity index (χ0n) is 9.67. The number of oxime groups is 1. The van der Waals surface area contributed by atoms with Gasteiger partial charge in [-0.3, -0.25) is 9.88 Å². The summed E-state index contributed by atoms with van der Waals surface area (Å²) in [5, 5.41) is 11.5. The molecule has 5 heteroatoms. The minimum Gasteiger partial charge on any atom is -0.409 e. The lowest BCUT2D eigenvalue weighted by molar-refractivity contribution is 0.238. The molecule has 5 nitrogen and oxygen atoms in total. The van der Waals surface area contributed by atoms with Gasteiger partial charge in [0.05, 0.1) is 6.54 Å². The summed E-state index contributed by atoms with van der Waals surface area (Å²) in [4.78, 5) is 6.16. The average Bonchev–Trinajstić information content (AvgIpc) is 2.29. The van der Waals surface area contributed by atoms with E-state index < -0.39 is 0 Å². The van der Waals surface area contributed by atoms with Gasteiger partial charge in [0.25, 0.3) is 0 Å². The topological polar surface area (TPSA) is 74.7 Å². The number of hydrogen-bond donors (Lipinski definition) is 2. The highest BCUT2D eigenvalue weighted by Crippen LogP contribution is 2.06. The average molecular weight is 222 g/mol.